The van der Waals surface area contributed by atoms with Gasteiger partial charge < -0.3 is 14.2 Å². The molecule has 0 spiro atoms. The second-order valence-corrected chi connectivity index (χ2v) is 8.93. The third kappa shape index (κ3) is 5.28. The van der Waals surface area contributed by atoms with E-state index in [9.17, 15) is 9.18 Å². The Labute approximate surface area is 178 Å². The van der Waals surface area contributed by atoms with E-state index in [4.69, 9.17) is 4.42 Å². The first-order valence-corrected chi connectivity index (χ1v) is 11.3. The molecule has 4 rings (SSSR count). The molecule has 2 aliphatic rings. The number of hydrogen-bond donors (Lipinski definition) is 0. The SMILES string of the molecule is CC1CCN(CC2CCCN(C(=O)CCc3ncc(-c4ccccc4F)o3)C2)CC1. The molecule has 3 heterocycles. The van der Waals surface area contributed by atoms with E-state index in [2.05, 4.69) is 16.8 Å². The van der Waals surface area contributed by atoms with Crippen LogP contribution in [0.5, 0.6) is 0 Å². The summed E-state index contributed by atoms with van der Waals surface area (Å²) in [5, 5.41) is 0. The number of halogens is 1. The monoisotopic (exact) mass is 413 g/mol. The van der Waals surface area contributed by atoms with Gasteiger partial charge in [-0.15, -0.1) is 0 Å². The van der Waals surface area contributed by atoms with E-state index < -0.39 is 0 Å². The number of carbonyl (C=O) groups excluding carboxylic acids is 1. The van der Waals surface area contributed by atoms with E-state index in [0.717, 1.165) is 32.0 Å². The number of hydrogen-bond acceptors (Lipinski definition) is 4. The predicted molar refractivity (Wildman–Crippen MR) is 114 cm³/mol. The van der Waals surface area contributed by atoms with Crippen LogP contribution in [0, 0.1) is 17.7 Å². The van der Waals surface area contributed by atoms with Crippen LogP contribution in [-0.4, -0.2) is 53.4 Å². The number of aromatic nitrogens is 1. The quantitative estimate of drug-likeness (QED) is 0.705. The highest BCUT2D eigenvalue weighted by molar-refractivity contribution is 5.76. The highest BCUT2D eigenvalue weighted by atomic mass is 19.1. The Morgan fingerprint density at radius 1 is 1.20 bits per heavy atom. The standard InChI is InChI=1S/C24H32FN3O2/c1-18-10-13-27(14-11-18)16-19-5-4-12-28(17-19)24(29)9-8-23-26-15-22(30-23)20-6-2-3-7-21(20)25/h2-3,6-7,15,18-19H,4-5,8-14,16-17H2,1H3. The van der Waals surface area contributed by atoms with E-state index in [1.54, 1.807) is 18.2 Å². The van der Waals surface area contributed by atoms with Crippen LogP contribution < -0.4 is 0 Å². The van der Waals surface area contributed by atoms with Gasteiger partial charge in [-0.05, 0) is 62.7 Å². The fraction of sp³-hybridized carbons (Fsp3) is 0.583. The maximum atomic E-state index is 13.9. The number of piperidine rings is 2. The van der Waals surface area contributed by atoms with Crippen molar-refractivity contribution in [1.82, 2.24) is 14.8 Å². The van der Waals surface area contributed by atoms with Crippen molar-refractivity contribution in [2.45, 2.75) is 45.4 Å². The molecule has 5 nitrogen and oxygen atoms in total. The second-order valence-electron chi connectivity index (χ2n) is 8.93. The van der Waals surface area contributed by atoms with E-state index in [-0.39, 0.29) is 11.7 Å². The van der Waals surface area contributed by atoms with Crippen LogP contribution in [0.4, 0.5) is 4.39 Å². The van der Waals surface area contributed by atoms with E-state index in [0.29, 0.717) is 36.0 Å². The molecule has 0 N–H and O–H groups in total. The third-order valence-corrected chi connectivity index (χ3v) is 6.51. The van der Waals surface area contributed by atoms with Crippen LogP contribution in [0.25, 0.3) is 11.3 Å². The molecule has 0 bridgehead atoms. The van der Waals surface area contributed by atoms with Gasteiger partial charge >= 0.3 is 0 Å². The van der Waals surface area contributed by atoms with E-state index in [1.165, 1.54) is 44.6 Å². The Hall–Kier alpha value is -2.21. The van der Waals surface area contributed by atoms with Gasteiger partial charge in [-0.3, -0.25) is 4.79 Å². The summed E-state index contributed by atoms with van der Waals surface area (Å²) in [4.78, 5) is 21.6. The van der Waals surface area contributed by atoms with Crippen LogP contribution in [0.1, 0.15) is 44.9 Å². The highest BCUT2D eigenvalue weighted by Gasteiger charge is 2.26. The number of carbonyl (C=O) groups is 1. The maximum absolute atomic E-state index is 13.9. The van der Waals surface area contributed by atoms with Gasteiger partial charge in [-0.1, -0.05) is 19.1 Å². The molecule has 2 aliphatic heterocycles. The van der Waals surface area contributed by atoms with Crippen molar-refractivity contribution in [2.75, 3.05) is 32.7 Å². The van der Waals surface area contributed by atoms with Gasteiger partial charge in [-0.25, -0.2) is 9.37 Å². The average molecular weight is 414 g/mol. The van der Waals surface area contributed by atoms with E-state index >= 15 is 0 Å². The lowest BCUT2D eigenvalue weighted by Gasteiger charge is -2.37. The van der Waals surface area contributed by atoms with Crippen LogP contribution in [0.3, 0.4) is 0 Å². The first kappa shape index (κ1) is 21.0. The lowest BCUT2D eigenvalue weighted by atomic mass is 9.94. The first-order chi connectivity index (χ1) is 14.6. The smallest absolute Gasteiger partial charge is 0.223 e. The van der Waals surface area contributed by atoms with Gasteiger partial charge in [0, 0.05) is 32.5 Å². The Morgan fingerprint density at radius 3 is 2.80 bits per heavy atom. The largest absolute Gasteiger partial charge is 0.441 e. The minimum absolute atomic E-state index is 0.164. The van der Waals surface area contributed by atoms with Crippen molar-refractivity contribution in [2.24, 2.45) is 11.8 Å². The summed E-state index contributed by atoms with van der Waals surface area (Å²) in [6, 6.07) is 6.48. The zero-order valence-electron chi connectivity index (χ0n) is 17.9. The predicted octanol–water partition coefficient (Wildman–Crippen LogP) is 4.38. The van der Waals surface area contributed by atoms with Gasteiger partial charge in [0.1, 0.15) is 5.82 Å². The molecule has 2 saturated heterocycles. The summed E-state index contributed by atoms with van der Waals surface area (Å²) in [6.45, 7) is 7.55. The Kier molecular flexibility index (Phi) is 6.82. The van der Waals surface area contributed by atoms with Crippen LogP contribution in [0.15, 0.2) is 34.9 Å². The summed E-state index contributed by atoms with van der Waals surface area (Å²) in [7, 11) is 0. The maximum Gasteiger partial charge on any atom is 0.223 e. The summed E-state index contributed by atoms with van der Waals surface area (Å²) >= 11 is 0. The Bertz CT molecular complexity index is 844. The van der Waals surface area contributed by atoms with Crippen molar-refractivity contribution < 1.29 is 13.6 Å². The van der Waals surface area contributed by atoms with Crippen molar-refractivity contribution >= 4 is 5.91 Å². The minimum atomic E-state index is -0.334. The Balaban J connectivity index is 1.26. The van der Waals surface area contributed by atoms with Crippen molar-refractivity contribution in [3.8, 4) is 11.3 Å². The van der Waals surface area contributed by atoms with Gasteiger partial charge in [0.05, 0.1) is 11.8 Å². The molecular formula is C24H32FN3O2. The normalized spacial score (nSPS) is 21.1. The second kappa shape index (κ2) is 9.73. The molecule has 162 valence electrons. The molecule has 0 aliphatic carbocycles. The Morgan fingerprint density at radius 2 is 2.00 bits per heavy atom. The minimum Gasteiger partial charge on any atom is -0.441 e. The third-order valence-electron chi connectivity index (χ3n) is 6.51. The number of nitrogens with zero attached hydrogens (tertiary/aromatic N) is 3. The molecule has 0 saturated carbocycles. The number of amides is 1. The topological polar surface area (TPSA) is 49.6 Å². The van der Waals surface area contributed by atoms with Crippen molar-refractivity contribution in [3.05, 3.63) is 42.2 Å². The molecule has 1 atom stereocenters. The zero-order valence-corrected chi connectivity index (χ0v) is 17.9. The number of oxazole rings is 1. The molecule has 1 aromatic carbocycles. The molecule has 6 heteroatoms. The van der Waals surface area contributed by atoms with Gasteiger partial charge in [-0.2, -0.15) is 0 Å². The molecule has 1 unspecified atom stereocenters. The molecule has 2 aromatic rings. The fourth-order valence-electron chi connectivity index (χ4n) is 4.63. The van der Waals surface area contributed by atoms with Crippen LogP contribution in [0.2, 0.25) is 0 Å². The summed E-state index contributed by atoms with van der Waals surface area (Å²) in [5.41, 5.74) is 0.397. The molecule has 0 radical (unpaired) electrons. The van der Waals surface area contributed by atoms with Crippen molar-refractivity contribution in [3.63, 3.8) is 0 Å². The number of likely N-dealkylation sites (tertiary alicyclic amines) is 2. The molecule has 1 amide bonds. The van der Waals surface area contributed by atoms with E-state index in [1.807, 2.05) is 4.90 Å². The lowest BCUT2D eigenvalue weighted by Crippen LogP contribution is -2.45. The average Bonchev–Trinajstić information content (AvgIpc) is 3.23. The fourth-order valence-corrected chi connectivity index (χ4v) is 4.63. The van der Waals surface area contributed by atoms with Crippen LogP contribution >= 0.6 is 0 Å². The molecule has 1 aromatic heterocycles. The summed E-state index contributed by atoms with van der Waals surface area (Å²) < 4.78 is 19.6. The number of aryl methyl sites for hydroxylation is 1. The number of benzene rings is 1. The lowest BCUT2D eigenvalue weighted by molar-refractivity contribution is -0.133. The molecule has 30 heavy (non-hydrogen) atoms. The highest BCUT2D eigenvalue weighted by Crippen LogP contribution is 2.25. The van der Waals surface area contributed by atoms with Gasteiger partial charge in [0.25, 0.3) is 0 Å². The van der Waals surface area contributed by atoms with Crippen LogP contribution in [-0.2, 0) is 11.2 Å². The zero-order chi connectivity index (χ0) is 20.9. The molecular weight excluding hydrogens is 381 g/mol. The first-order valence-electron chi connectivity index (χ1n) is 11.3. The summed E-state index contributed by atoms with van der Waals surface area (Å²) in [5.74, 6) is 2.14. The summed E-state index contributed by atoms with van der Waals surface area (Å²) in [6.07, 6.45) is 7.23. The van der Waals surface area contributed by atoms with Crippen molar-refractivity contribution in [1.29, 1.82) is 0 Å². The van der Waals surface area contributed by atoms with Gasteiger partial charge in [0.15, 0.2) is 11.7 Å². The number of rotatable bonds is 6. The van der Waals surface area contributed by atoms with Gasteiger partial charge in [0.2, 0.25) is 5.91 Å². The molecule has 2 fully saturated rings.